The van der Waals surface area contributed by atoms with Crippen molar-refractivity contribution in [1.29, 1.82) is 0 Å². The van der Waals surface area contributed by atoms with Crippen LogP contribution in [-0.2, 0) is 0 Å². The molecule has 0 bridgehead atoms. The van der Waals surface area contributed by atoms with E-state index in [1.807, 2.05) is 18.5 Å². The van der Waals surface area contributed by atoms with Crippen molar-refractivity contribution in [1.82, 2.24) is 10.3 Å². The van der Waals surface area contributed by atoms with Crippen molar-refractivity contribution < 1.29 is 0 Å². The number of pyridine rings is 1. The molecule has 0 amide bonds. The summed E-state index contributed by atoms with van der Waals surface area (Å²) < 4.78 is 0. The molecular weight excluding hydrogens is 232 g/mol. The van der Waals surface area contributed by atoms with Crippen molar-refractivity contribution in [3.63, 3.8) is 0 Å². The molecule has 2 aromatic rings. The average molecular weight is 254 g/mol. The van der Waals surface area contributed by atoms with Crippen molar-refractivity contribution in [3.05, 3.63) is 65.0 Å². The Labute approximate surface area is 115 Å². The van der Waals surface area contributed by atoms with Gasteiger partial charge in [0.15, 0.2) is 0 Å². The van der Waals surface area contributed by atoms with Gasteiger partial charge in [0.25, 0.3) is 0 Å². The molecule has 2 heteroatoms. The highest BCUT2D eigenvalue weighted by Crippen LogP contribution is 2.20. The first-order valence-electron chi connectivity index (χ1n) is 6.81. The van der Waals surface area contributed by atoms with Gasteiger partial charge in [0.2, 0.25) is 0 Å². The van der Waals surface area contributed by atoms with Crippen LogP contribution >= 0.6 is 0 Å². The van der Waals surface area contributed by atoms with Gasteiger partial charge in [-0.3, -0.25) is 4.98 Å². The zero-order chi connectivity index (χ0) is 13.8. The number of nitrogens with one attached hydrogen (secondary N) is 1. The van der Waals surface area contributed by atoms with E-state index >= 15 is 0 Å². The molecule has 0 aliphatic rings. The number of aromatic nitrogens is 1. The average Bonchev–Trinajstić information content (AvgIpc) is 2.42. The molecule has 100 valence electrons. The van der Waals surface area contributed by atoms with Crippen LogP contribution in [0.1, 0.15) is 48.2 Å². The van der Waals surface area contributed by atoms with Crippen LogP contribution < -0.4 is 5.32 Å². The first kappa shape index (κ1) is 13.8. The predicted octanol–water partition coefficient (Wildman–Crippen LogP) is 4.11. The molecule has 2 nitrogen and oxygen atoms in total. The molecule has 2 rings (SSSR count). The van der Waals surface area contributed by atoms with Gasteiger partial charge in [-0.2, -0.15) is 0 Å². The Morgan fingerprint density at radius 1 is 0.947 bits per heavy atom. The summed E-state index contributed by atoms with van der Waals surface area (Å²) in [6.07, 6.45) is 3.73. The Bertz CT molecular complexity index is 534. The van der Waals surface area contributed by atoms with Gasteiger partial charge in [0.05, 0.1) is 0 Å². The molecule has 19 heavy (non-hydrogen) atoms. The zero-order valence-electron chi connectivity index (χ0n) is 12.1. The van der Waals surface area contributed by atoms with Crippen molar-refractivity contribution in [2.24, 2.45) is 0 Å². The minimum absolute atomic E-state index is 0.297. The van der Waals surface area contributed by atoms with Gasteiger partial charge < -0.3 is 5.32 Å². The van der Waals surface area contributed by atoms with Crippen LogP contribution in [0.2, 0.25) is 0 Å². The summed E-state index contributed by atoms with van der Waals surface area (Å²) in [5, 5.41) is 3.62. The van der Waals surface area contributed by atoms with Gasteiger partial charge in [0, 0.05) is 24.5 Å². The molecule has 0 spiro atoms. The minimum atomic E-state index is 0.297. The lowest BCUT2D eigenvalue weighted by Gasteiger charge is -2.21. The van der Waals surface area contributed by atoms with Crippen LogP contribution in [0.15, 0.2) is 42.7 Å². The number of hydrogen-bond acceptors (Lipinski definition) is 2. The van der Waals surface area contributed by atoms with Gasteiger partial charge in [0.1, 0.15) is 0 Å². The summed E-state index contributed by atoms with van der Waals surface area (Å²) >= 11 is 0. The third-order valence-electron chi connectivity index (χ3n) is 3.72. The summed E-state index contributed by atoms with van der Waals surface area (Å²) in [6, 6.07) is 11.4. The second-order valence-electron chi connectivity index (χ2n) is 5.24. The smallest absolute Gasteiger partial charge is 0.0315 e. The fourth-order valence-corrected chi connectivity index (χ4v) is 2.23. The van der Waals surface area contributed by atoms with Crippen LogP contribution in [0.3, 0.4) is 0 Å². The lowest BCUT2D eigenvalue weighted by atomic mass is 10.0. The lowest BCUT2D eigenvalue weighted by molar-refractivity contribution is 0.493. The summed E-state index contributed by atoms with van der Waals surface area (Å²) in [5.74, 6) is 0. The second-order valence-corrected chi connectivity index (χ2v) is 5.24. The van der Waals surface area contributed by atoms with Crippen LogP contribution in [0, 0.1) is 13.8 Å². The fourth-order valence-electron chi connectivity index (χ4n) is 2.23. The highest BCUT2D eigenvalue weighted by molar-refractivity contribution is 5.31. The first-order chi connectivity index (χ1) is 9.08. The molecule has 1 N–H and O–H groups in total. The van der Waals surface area contributed by atoms with Crippen LogP contribution in [0.4, 0.5) is 0 Å². The van der Waals surface area contributed by atoms with Crippen molar-refractivity contribution in [2.75, 3.05) is 0 Å². The van der Waals surface area contributed by atoms with Crippen LogP contribution in [0.25, 0.3) is 0 Å². The monoisotopic (exact) mass is 254 g/mol. The van der Waals surface area contributed by atoms with Crippen LogP contribution in [0.5, 0.6) is 0 Å². The maximum atomic E-state index is 4.17. The Kier molecular flexibility index (Phi) is 4.33. The maximum absolute atomic E-state index is 4.17. The molecule has 2 atom stereocenters. The molecule has 0 saturated carbocycles. The van der Waals surface area contributed by atoms with E-state index in [9.17, 15) is 0 Å². The first-order valence-corrected chi connectivity index (χ1v) is 6.81. The molecule has 1 aromatic heterocycles. The number of rotatable bonds is 4. The molecule has 0 aliphatic heterocycles. The number of benzene rings is 1. The fraction of sp³-hybridized carbons (Fsp3) is 0.353. The molecule has 1 aromatic carbocycles. The summed E-state index contributed by atoms with van der Waals surface area (Å²) in [7, 11) is 0. The van der Waals surface area contributed by atoms with Gasteiger partial charge in [-0.1, -0.05) is 24.3 Å². The van der Waals surface area contributed by atoms with Gasteiger partial charge in [-0.25, -0.2) is 0 Å². The van der Waals surface area contributed by atoms with Gasteiger partial charge >= 0.3 is 0 Å². The van der Waals surface area contributed by atoms with E-state index in [2.05, 4.69) is 62.3 Å². The molecule has 1 unspecified atom stereocenters. The normalized spacial score (nSPS) is 14.1. The van der Waals surface area contributed by atoms with Crippen molar-refractivity contribution >= 4 is 0 Å². The molecule has 0 saturated heterocycles. The molecular formula is C17H22N2. The van der Waals surface area contributed by atoms with Crippen LogP contribution in [-0.4, -0.2) is 4.98 Å². The van der Waals surface area contributed by atoms with E-state index in [0.29, 0.717) is 12.1 Å². The SMILES string of the molecule is Cc1ccc(C(C)N[C@@H](C)c2cccnc2)cc1C. The Hall–Kier alpha value is -1.67. The molecule has 0 aliphatic carbocycles. The highest BCUT2D eigenvalue weighted by Gasteiger charge is 2.11. The van der Waals surface area contributed by atoms with Crippen molar-refractivity contribution in [2.45, 2.75) is 39.8 Å². The third kappa shape index (κ3) is 3.42. The topological polar surface area (TPSA) is 24.9 Å². The maximum Gasteiger partial charge on any atom is 0.0315 e. The Morgan fingerprint density at radius 3 is 2.32 bits per heavy atom. The Balaban J connectivity index is 2.08. The zero-order valence-corrected chi connectivity index (χ0v) is 12.1. The van der Waals surface area contributed by atoms with E-state index < -0.39 is 0 Å². The van der Waals surface area contributed by atoms with E-state index in [0.717, 1.165) is 0 Å². The Morgan fingerprint density at radius 2 is 1.68 bits per heavy atom. The highest BCUT2D eigenvalue weighted by atomic mass is 14.9. The van der Waals surface area contributed by atoms with E-state index in [1.54, 1.807) is 0 Å². The quantitative estimate of drug-likeness (QED) is 0.888. The molecule has 0 radical (unpaired) electrons. The molecule has 1 heterocycles. The van der Waals surface area contributed by atoms with E-state index in [4.69, 9.17) is 0 Å². The minimum Gasteiger partial charge on any atom is -0.304 e. The standard InChI is InChI=1S/C17H22N2/c1-12-7-8-16(10-13(12)2)14(3)19-15(4)17-6-5-9-18-11-17/h5-11,14-15,19H,1-4H3/t14?,15-/m0/s1. The number of nitrogens with zero attached hydrogens (tertiary/aromatic N) is 1. The number of hydrogen-bond donors (Lipinski definition) is 1. The van der Waals surface area contributed by atoms with Gasteiger partial charge in [-0.05, 0) is 56.0 Å². The third-order valence-corrected chi connectivity index (χ3v) is 3.72. The van der Waals surface area contributed by atoms with E-state index in [1.165, 1.54) is 22.3 Å². The predicted molar refractivity (Wildman–Crippen MR) is 80.1 cm³/mol. The summed E-state index contributed by atoms with van der Waals surface area (Å²) in [4.78, 5) is 4.17. The summed E-state index contributed by atoms with van der Waals surface area (Å²) in [5.41, 5.74) is 5.24. The largest absolute Gasteiger partial charge is 0.304 e. The second kappa shape index (κ2) is 5.98. The molecule has 0 fully saturated rings. The number of aryl methyl sites for hydroxylation is 2. The van der Waals surface area contributed by atoms with Crippen molar-refractivity contribution in [3.8, 4) is 0 Å². The lowest BCUT2D eigenvalue weighted by Crippen LogP contribution is -2.22. The van der Waals surface area contributed by atoms with E-state index in [-0.39, 0.29) is 0 Å². The summed E-state index contributed by atoms with van der Waals surface area (Å²) in [6.45, 7) is 8.69. The van der Waals surface area contributed by atoms with Gasteiger partial charge in [-0.15, -0.1) is 0 Å².